The molecular weight excluding hydrogens is 1010 g/mol. The fourth-order valence-electron chi connectivity index (χ4n) is 11.4. The van der Waals surface area contributed by atoms with Gasteiger partial charge in [0.05, 0.1) is 25.4 Å². The van der Waals surface area contributed by atoms with E-state index in [-0.39, 0.29) is 18.5 Å². The van der Waals surface area contributed by atoms with E-state index < -0.39 is 12.1 Å². The highest BCUT2D eigenvalue weighted by atomic mass is 16.5. The number of rotatable bonds is 69. The first kappa shape index (κ1) is 79.8. The summed E-state index contributed by atoms with van der Waals surface area (Å²) in [5.74, 6) is -0.0634. The molecule has 2 unspecified atom stereocenters. The zero-order valence-electron chi connectivity index (χ0n) is 55.2. The molecule has 6 heteroatoms. The van der Waals surface area contributed by atoms with Gasteiger partial charge in [-0.3, -0.25) is 9.59 Å². The van der Waals surface area contributed by atoms with Crippen LogP contribution in [-0.4, -0.2) is 47.4 Å². The smallest absolute Gasteiger partial charge is 0.305 e. The van der Waals surface area contributed by atoms with Crippen LogP contribution in [0.5, 0.6) is 0 Å². The van der Waals surface area contributed by atoms with Crippen LogP contribution in [0.15, 0.2) is 48.6 Å². The standard InChI is InChI=1S/C76H143NO5/c1-3-5-7-9-11-13-15-17-18-19-20-21-22-30-33-36-39-42-45-48-52-56-60-64-68-74(79)73(72-78)77-75(80)69-65-61-57-53-49-46-43-40-37-34-31-28-26-24-23-25-27-29-32-35-38-41-44-47-51-55-59-63-67-71-82-76(81)70-66-62-58-54-50-16-14-12-10-8-6-4-2/h12,14,23,25,29,32,64,68,73-74,78-79H,3-11,13,15-22,24,26-28,30-31,33-63,65-67,69-72H2,1-2H3,(H,77,80)/b14-12-,25-23-,32-29-,68-64+. The average molecular weight is 1150 g/mol. The van der Waals surface area contributed by atoms with Crippen molar-refractivity contribution >= 4 is 11.9 Å². The van der Waals surface area contributed by atoms with E-state index >= 15 is 0 Å². The second-order valence-electron chi connectivity index (χ2n) is 25.3. The zero-order chi connectivity index (χ0) is 59.2. The van der Waals surface area contributed by atoms with Gasteiger partial charge in [0.1, 0.15) is 0 Å². The molecule has 0 spiro atoms. The number of allylic oxidation sites excluding steroid dienone is 7. The summed E-state index contributed by atoms with van der Waals surface area (Å²) < 4.78 is 5.47. The van der Waals surface area contributed by atoms with Gasteiger partial charge in [-0.2, -0.15) is 0 Å². The fourth-order valence-corrected chi connectivity index (χ4v) is 11.4. The van der Waals surface area contributed by atoms with E-state index in [1.54, 1.807) is 6.08 Å². The van der Waals surface area contributed by atoms with Crippen LogP contribution in [0.1, 0.15) is 399 Å². The van der Waals surface area contributed by atoms with E-state index in [1.165, 1.54) is 321 Å². The van der Waals surface area contributed by atoms with E-state index in [4.69, 9.17) is 4.74 Å². The van der Waals surface area contributed by atoms with Crippen LogP contribution in [0.25, 0.3) is 0 Å². The molecule has 0 aliphatic rings. The lowest BCUT2D eigenvalue weighted by molar-refractivity contribution is -0.143. The van der Waals surface area contributed by atoms with Crippen LogP contribution >= 0.6 is 0 Å². The van der Waals surface area contributed by atoms with Crippen LogP contribution in [0, 0.1) is 0 Å². The van der Waals surface area contributed by atoms with Crippen LogP contribution in [0.4, 0.5) is 0 Å². The minimum atomic E-state index is -0.847. The lowest BCUT2D eigenvalue weighted by Gasteiger charge is -2.20. The van der Waals surface area contributed by atoms with E-state index in [9.17, 15) is 19.8 Å². The van der Waals surface area contributed by atoms with Gasteiger partial charge < -0.3 is 20.3 Å². The molecule has 0 bridgehead atoms. The average Bonchev–Trinajstić information content (AvgIpc) is 3.48. The molecule has 482 valence electrons. The van der Waals surface area contributed by atoms with Gasteiger partial charge in [0.2, 0.25) is 5.91 Å². The first-order valence-corrected chi connectivity index (χ1v) is 36.9. The van der Waals surface area contributed by atoms with Gasteiger partial charge in [0.25, 0.3) is 0 Å². The van der Waals surface area contributed by atoms with Gasteiger partial charge in [-0.15, -0.1) is 0 Å². The van der Waals surface area contributed by atoms with Gasteiger partial charge in [0.15, 0.2) is 0 Å². The second-order valence-corrected chi connectivity index (χ2v) is 25.3. The van der Waals surface area contributed by atoms with Crippen molar-refractivity contribution in [1.82, 2.24) is 5.32 Å². The first-order valence-electron chi connectivity index (χ1n) is 36.9. The molecule has 0 aliphatic heterocycles. The predicted molar refractivity (Wildman–Crippen MR) is 361 cm³/mol. The lowest BCUT2D eigenvalue weighted by Crippen LogP contribution is -2.45. The minimum absolute atomic E-state index is 0.00175. The third-order valence-corrected chi connectivity index (χ3v) is 17.1. The van der Waals surface area contributed by atoms with Gasteiger partial charge in [-0.05, 0) is 89.9 Å². The van der Waals surface area contributed by atoms with Crippen LogP contribution in [0.3, 0.4) is 0 Å². The van der Waals surface area contributed by atoms with Crippen LogP contribution in [-0.2, 0) is 14.3 Å². The molecular formula is C76H143NO5. The number of hydrogen-bond donors (Lipinski definition) is 3. The summed E-state index contributed by atoms with van der Waals surface area (Å²) in [7, 11) is 0. The summed E-state index contributed by atoms with van der Waals surface area (Å²) in [5.41, 5.74) is 0. The maximum absolute atomic E-state index is 12.5. The molecule has 0 aromatic heterocycles. The van der Waals surface area contributed by atoms with E-state index in [0.29, 0.717) is 19.4 Å². The summed E-state index contributed by atoms with van der Waals surface area (Å²) in [6.07, 6.45) is 93.5. The lowest BCUT2D eigenvalue weighted by atomic mass is 10.0. The first-order chi connectivity index (χ1) is 40.5. The number of aliphatic hydroxyl groups excluding tert-OH is 2. The summed E-state index contributed by atoms with van der Waals surface area (Å²) in [6, 6.07) is -0.631. The fraction of sp³-hybridized carbons (Fsp3) is 0.868. The van der Waals surface area contributed by atoms with E-state index in [1.807, 2.05) is 6.08 Å². The summed E-state index contributed by atoms with van der Waals surface area (Å²) in [6.45, 7) is 4.91. The molecule has 2 atom stereocenters. The van der Waals surface area contributed by atoms with Crippen molar-refractivity contribution in [3.63, 3.8) is 0 Å². The number of carbonyl (C=O) groups excluding carboxylic acids is 2. The van der Waals surface area contributed by atoms with E-state index in [0.717, 1.165) is 51.4 Å². The Morgan fingerprint density at radius 2 is 0.610 bits per heavy atom. The highest BCUT2D eigenvalue weighted by molar-refractivity contribution is 5.76. The number of amides is 1. The zero-order valence-corrected chi connectivity index (χ0v) is 55.2. The highest BCUT2D eigenvalue weighted by Gasteiger charge is 2.18. The predicted octanol–water partition coefficient (Wildman–Crippen LogP) is 24.0. The number of hydrogen-bond acceptors (Lipinski definition) is 5. The number of ether oxygens (including phenoxy) is 1. The van der Waals surface area contributed by atoms with Crippen molar-refractivity contribution < 1.29 is 24.5 Å². The Kier molecular flexibility index (Phi) is 69.4. The molecule has 6 nitrogen and oxygen atoms in total. The number of nitrogens with one attached hydrogen (secondary N) is 1. The number of carbonyl (C=O) groups is 2. The molecule has 0 aromatic rings. The Labute approximate surface area is 512 Å². The van der Waals surface area contributed by atoms with Crippen LogP contribution < -0.4 is 5.32 Å². The Morgan fingerprint density at radius 1 is 0.341 bits per heavy atom. The monoisotopic (exact) mass is 1150 g/mol. The molecule has 0 radical (unpaired) electrons. The molecule has 0 aliphatic carbocycles. The number of aliphatic hydroxyl groups is 2. The summed E-state index contributed by atoms with van der Waals surface area (Å²) in [5, 5.41) is 23.3. The largest absolute Gasteiger partial charge is 0.466 e. The third-order valence-electron chi connectivity index (χ3n) is 17.1. The van der Waals surface area contributed by atoms with Gasteiger partial charge >= 0.3 is 5.97 Å². The topological polar surface area (TPSA) is 95.9 Å². The van der Waals surface area contributed by atoms with E-state index in [2.05, 4.69) is 55.6 Å². The maximum atomic E-state index is 12.5. The SMILES string of the molecule is CCCCC/C=C\CCCCCCCC(=O)OCCCCCCCCCCC/C=C\C/C=C\CCCCCCCCCCCCCCCC(=O)NC(CO)C(O)/C=C/CCCCCCCCCCCCCCCCCCCCCCCC. The Balaban J connectivity index is 3.44. The molecule has 0 rings (SSSR count). The number of esters is 1. The van der Waals surface area contributed by atoms with Gasteiger partial charge in [-0.25, -0.2) is 0 Å². The Morgan fingerprint density at radius 3 is 0.963 bits per heavy atom. The summed E-state index contributed by atoms with van der Waals surface area (Å²) >= 11 is 0. The Hall–Kier alpha value is -2.18. The summed E-state index contributed by atoms with van der Waals surface area (Å²) in [4.78, 5) is 24.6. The number of unbranched alkanes of at least 4 members (excludes halogenated alkanes) is 52. The quantitative estimate of drug-likeness (QED) is 0.0320. The van der Waals surface area contributed by atoms with Crippen molar-refractivity contribution in [3.05, 3.63) is 48.6 Å². The maximum Gasteiger partial charge on any atom is 0.305 e. The molecule has 0 aromatic carbocycles. The third kappa shape index (κ3) is 67.0. The Bertz CT molecular complexity index is 1370. The second kappa shape index (κ2) is 71.3. The molecule has 0 fully saturated rings. The van der Waals surface area contributed by atoms with Crippen molar-refractivity contribution in [2.75, 3.05) is 13.2 Å². The highest BCUT2D eigenvalue weighted by Crippen LogP contribution is 2.18. The molecule has 1 amide bonds. The van der Waals surface area contributed by atoms with Crippen molar-refractivity contribution in [2.24, 2.45) is 0 Å². The van der Waals surface area contributed by atoms with Crippen molar-refractivity contribution in [3.8, 4) is 0 Å². The van der Waals surface area contributed by atoms with Crippen molar-refractivity contribution in [2.45, 2.75) is 411 Å². The molecule has 82 heavy (non-hydrogen) atoms. The molecule has 0 saturated carbocycles. The normalized spacial score (nSPS) is 12.8. The van der Waals surface area contributed by atoms with Gasteiger partial charge in [-0.1, -0.05) is 345 Å². The molecule has 3 N–H and O–H groups in total. The molecule has 0 heterocycles. The minimum Gasteiger partial charge on any atom is -0.466 e. The van der Waals surface area contributed by atoms with Crippen LogP contribution in [0.2, 0.25) is 0 Å². The molecule has 0 saturated heterocycles. The van der Waals surface area contributed by atoms with Gasteiger partial charge in [0, 0.05) is 12.8 Å². The van der Waals surface area contributed by atoms with Crippen molar-refractivity contribution in [1.29, 1.82) is 0 Å².